The van der Waals surface area contributed by atoms with Gasteiger partial charge in [0.05, 0.1) is 16.7 Å². The molecular formula is C22H28Cl2N4. The van der Waals surface area contributed by atoms with Gasteiger partial charge >= 0.3 is 0 Å². The first-order valence-electron chi connectivity index (χ1n) is 9.47. The Bertz CT molecular complexity index is 1030. The maximum absolute atomic E-state index is 4.92. The van der Waals surface area contributed by atoms with E-state index >= 15 is 0 Å². The number of para-hydroxylation sites is 2. The second-order valence-electron chi connectivity index (χ2n) is 6.83. The Kier molecular flexibility index (Phi) is 7.53. The Labute approximate surface area is 179 Å². The molecule has 0 fully saturated rings. The molecule has 0 saturated heterocycles. The summed E-state index contributed by atoms with van der Waals surface area (Å²) in [6.45, 7) is 10.7. The number of hydrogen-bond donors (Lipinski definition) is 0. The van der Waals surface area contributed by atoms with E-state index in [1.807, 2.05) is 0 Å². The van der Waals surface area contributed by atoms with Gasteiger partial charge in [0.25, 0.3) is 0 Å². The number of imidazole rings is 2. The zero-order valence-corrected chi connectivity index (χ0v) is 18.3. The van der Waals surface area contributed by atoms with E-state index in [4.69, 9.17) is 4.98 Å². The Hall–Kier alpha value is -2.01. The van der Waals surface area contributed by atoms with Crippen LogP contribution in [0.2, 0.25) is 0 Å². The fourth-order valence-corrected chi connectivity index (χ4v) is 3.61. The molecule has 0 aliphatic carbocycles. The molecule has 0 amide bonds. The Morgan fingerprint density at radius 2 is 1.61 bits per heavy atom. The zero-order chi connectivity index (χ0) is 18.1. The molecule has 0 unspecified atom stereocenters. The van der Waals surface area contributed by atoms with Crippen molar-refractivity contribution in [3.05, 3.63) is 60.3 Å². The van der Waals surface area contributed by atoms with Crippen LogP contribution < -0.4 is 0 Å². The Morgan fingerprint density at radius 3 is 2.29 bits per heavy atom. The van der Waals surface area contributed by atoms with Crippen LogP contribution in [-0.2, 0) is 6.54 Å². The van der Waals surface area contributed by atoms with E-state index in [9.17, 15) is 0 Å². The highest BCUT2D eigenvalue weighted by Gasteiger charge is 2.15. The number of likely N-dealkylation sites (N-methyl/N-ethyl adjacent to an activating group) is 1. The number of aromatic nitrogens is 3. The van der Waals surface area contributed by atoms with Crippen molar-refractivity contribution in [2.45, 2.75) is 27.3 Å². The van der Waals surface area contributed by atoms with Crippen molar-refractivity contribution >= 4 is 41.6 Å². The highest BCUT2D eigenvalue weighted by molar-refractivity contribution is 5.85. The van der Waals surface area contributed by atoms with Crippen molar-refractivity contribution in [2.75, 3.05) is 19.6 Å². The molecule has 0 radical (unpaired) electrons. The minimum Gasteiger partial charge on any atom is -0.308 e. The molecular weight excluding hydrogens is 391 g/mol. The van der Waals surface area contributed by atoms with E-state index < -0.39 is 0 Å². The van der Waals surface area contributed by atoms with E-state index in [-0.39, 0.29) is 24.8 Å². The quantitative estimate of drug-likeness (QED) is 0.415. The Balaban J connectivity index is 0.00000140. The van der Waals surface area contributed by atoms with Crippen LogP contribution in [0, 0.1) is 6.92 Å². The predicted molar refractivity (Wildman–Crippen MR) is 123 cm³/mol. The molecule has 0 aliphatic heterocycles. The van der Waals surface area contributed by atoms with Gasteiger partial charge in [-0.2, -0.15) is 0 Å². The van der Waals surface area contributed by atoms with Crippen molar-refractivity contribution in [2.24, 2.45) is 0 Å². The smallest absolute Gasteiger partial charge is 0.215 e. The average molecular weight is 419 g/mol. The van der Waals surface area contributed by atoms with Gasteiger partial charge < -0.3 is 9.47 Å². The summed E-state index contributed by atoms with van der Waals surface area (Å²) in [5, 5.41) is 0. The second-order valence-corrected chi connectivity index (χ2v) is 6.83. The first-order chi connectivity index (χ1) is 12.7. The third-order valence-corrected chi connectivity index (χ3v) is 5.24. The number of aryl methyl sites for hydroxylation is 1. The van der Waals surface area contributed by atoms with Crippen LogP contribution in [0.25, 0.3) is 28.1 Å². The maximum atomic E-state index is 4.92. The van der Waals surface area contributed by atoms with Gasteiger partial charge in [0.1, 0.15) is 0 Å². The van der Waals surface area contributed by atoms with Crippen molar-refractivity contribution in [3.8, 4) is 11.3 Å². The van der Waals surface area contributed by atoms with E-state index in [1.165, 1.54) is 16.8 Å². The highest BCUT2D eigenvalue weighted by atomic mass is 35.5. The van der Waals surface area contributed by atoms with Gasteiger partial charge in [-0.3, -0.25) is 4.40 Å². The molecule has 0 atom stereocenters. The summed E-state index contributed by atoms with van der Waals surface area (Å²) in [4.78, 5) is 7.37. The molecule has 2 heterocycles. The van der Waals surface area contributed by atoms with Crippen LogP contribution in [-0.4, -0.2) is 38.5 Å². The lowest BCUT2D eigenvalue weighted by Crippen LogP contribution is -2.27. The lowest BCUT2D eigenvalue weighted by Gasteiger charge is -2.19. The predicted octanol–water partition coefficient (Wildman–Crippen LogP) is 5.45. The van der Waals surface area contributed by atoms with Crippen molar-refractivity contribution in [1.29, 1.82) is 0 Å². The van der Waals surface area contributed by atoms with Gasteiger partial charge in [0, 0.05) is 19.3 Å². The summed E-state index contributed by atoms with van der Waals surface area (Å²) in [5.41, 5.74) is 5.97. The van der Waals surface area contributed by atoms with Gasteiger partial charge in [0.15, 0.2) is 0 Å². The molecule has 4 rings (SSSR count). The van der Waals surface area contributed by atoms with Gasteiger partial charge in [-0.05, 0) is 37.7 Å². The third kappa shape index (κ3) is 4.04. The highest BCUT2D eigenvalue weighted by Crippen LogP contribution is 2.27. The number of rotatable bonds is 6. The maximum Gasteiger partial charge on any atom is 0.215 e. The van der Waals surface area contributed by atoms with Gasteiger partial charge in [-0.25, -0.2) is 4.98 Å². The average Bonchev–Trinajstić information content (AvgIpc) is 3.20. The van der Waals surface area contributed by atoms with E-state index in [0.717, 1.165) is 43.0 Å². The third-order valence-electron chi connectivity index (χ3n) is 5.24. The SMILES string of the molecule is CCN(CC)CCn1c(-c2ccc(C)cc2)cn2c3ccccc3nc12.Cl.Cl. The van der Waals surface area contributed by atoms with Crippen LogP contribution in [0.3, 0.4) is 0 Å². The summed E-state index contributed by atoms with van der Waals surface area (Å²) in [7, 11) is 0. The largest absolute Gasteiger partial charge is 0.308 e. The minimum absolute atomic E-state index is 0. The second kappa shape index (κ2) is 9.46. The normalized spacial score (nSPS) is 11.0. The molecule has 4 aromatic rings. The number of benzene rings is 2. The fourth-order valence-electron chi connectivity index (χ4n) is 3.61. The molecule has 0 bridgehead atoms. The number of hydrogen-bond acceptors (Lipinski definition) is 2. The molecule has 0 N–H and O–H groups in total. The summed E-state index contributed by atoms with van der Waals surface area (Å²) < 4.78 is 4.59. The molecule has 2 aromatic carbocycles. The van der Waals surface area contributed by atoms with E-state index in [0.29, 0.717) is 0 Å². The summed E-state index contributed by atoms with van der Waals surface area (Å²) >= 11 is 0. The van der Waals surface area contributed by atoms with E-state index in [2.05, 4.69) is 89.4 Å². The van der Waals surface area contributed by atoms with Gasteiger partial charge in [-0.1, -0.05) is 55.8 Å². The number of fused-ring (bicyclic) bond motifs is 3. The topological polar surface area (TPSA) is 25.5 Å². The number of nitrogens with zero attached hydrogens (tertiary/aromatic N) is 4. The van der Waals surface area contributed by atoms with Crippen LogP contribution in [0.15, 0.2) is 54.7 Å². The molecule has 0 aliphatic rings. The van der Waals surface area contributed by atoms with Crippen molar-refractivity contribution < 1.29 is 0 Å². The van der Waals surface area contributed by atoms with Crippen LogP contribution in [0.4, 0.5) is 0 Å². The number of halogens is 2. The molecule has 0 saturated carbocycles. The van der Waals surface area contributed by atoms with Crippen molar-refractivity contribution in [3.63, 3.8) is 0 Å². The van der Waals surface area contributed by atoms with Crippen molar-refractivity contribution in [1.82, 2.24) is 18.9 Å². The van der Waals surface area contributed by atoms with E-state index in [1.54, 1.807) is 0 Å². The van der Waals surface area contributed by atoms with Crippen LogP contribution in [0.1, 0.15) is 19.4 Å². The molecule has 4 nitrogen and oxygen atoms in total. The molecule has 150 valence electrons. The lowest BCUT2D eigenvalue weighted by molar-refractivity contribution is 0.292. The lowest BCUT2D eigenvalue weighted by atomic mass is 10.1. The van der Waals surface area contributed by atoms with Gasteiger partial charge in [-0.15, -0.1) is 24.8 Å². The first kappa shape index (κ1) is 22.3. The van der Waals surface area contributed by atoms with Crippen LogP contribution >= 0.6 is 24.8 Å². The molecule has 0 spiro atoms. The standard InChI is InChI=1S/C22H26N4.2ClH/c1-4-24(5-2)14-15-25-21(18-12-10-17(3)11-13-18)16-26-20-9-7-6-8-19(20)23-22(25)26;;/h6-13,16H,4-5,14-15H2,1-3H3;2*1H. The monoisotopic (exact) mass is 418 g/mol. The Morgan fingerprint density at radius 1 is 0.929 bits per heavy atom. The summed E-state index contributed by atoms with van der Waals surface area (Å²) in [6, 6.07) is 17.1. The molecule has 2 aromatic heterocycles. The minimum atomic E-state index is 0. The fraction of sp³-hybridized carbons (Fsp3) is 0.318. The zero-order valence-electron chi connectivity index (χ0n) is 16.6. The summed E-state index contributed by atoms with van der Waals surface area (Å²) in [5.74, 6) is 1.02. The van der Waals surface area contributed by atoms with Crippen LogP contribution in [0.5, 0.6) is 0 Å². The first-order valence-corrected chi connectivity index (χ1v) is 9.47. The van der Waals surface area contributed by atoms with Gasteiger partial charge in [0.2, 0.25) is 5.78 Å². The molecule has 28 heavy (non-hydrogen) atoms. The summed E-state index contributed by atoms with van der Waals surface area (Å²) in [6.07, 6.45) is 2.23. The molecule has 6 heteroatoms.